The number of esters is 4. The molecule has 0 rings (SSSR count). The first-order valence-electron chi connectivity index (χ1n) is 16.5. The molecule has 0 saturated heterocycles. The van der Waals surface area contributed by atoms with Gasteiger partial charge in [0.15, 0.2) is 0 Å². The van der Waals surface area contributed by atoms with Gasteiger partial charge in [0.25, 0.3) is 0 Å². The Morgan fingerprint density at radius 1 is 0.405 bits per heavy atom. The highest BCUT2D eigenvalue weighted by atomic mass is 16.5. The fourth-order valence-electron chi connectivity index (χ4n) is 3.93. The highest BCUT2D eigenvalue weighted by molar-refractivity contribution is 5.71. The summed E-state index contributed by atoms with van der Waals surface area (Å²) in [6.07, 6.45) is 13.2. The summed E-state index contributed by atoms with van der Waals surface area (Å²) in [5, 5.41) is 0. The number of rotatable bonds is 24. The van der Waals surface area contributed by atoms with Crippen LogP contribution in [0.1, 0.15) is 158 Å². The summed E-state index contributed by atoms with van der Waals surface area (Å²) in [5.41, 5.74) is 0. The van der Waals surface area contributed by atoms with E-state index in [-0.39, 0.29) is 36.1 Å². The van der Waals surface area contributed by atoms with E-state index in [9.17, 15) is 19.2 Å². The average Bonchev–Trinajstić information content (AvgIpc) is 2.88. The van der Waals surface area contributed by atoms with Gasteiger partial charge in [-0.2, -0.15) is 0 Å². The number of carbonyl (C=O) groups is 4. The second-order valence-electron chi connectivity index (χ2n) is 12.4. The molecular weight excluding hydrogens is 536 g/mol. The molecule has 0 aromatic heterocycles. The Hall–Kier alpha value is -2.12. The number of ether oxygens (including phenoxy) is 4. The van der Waals surface area contributed by atoms with E-state index in [4.69, 9.17) is 18.9 Å². The summed E-state index contributed by atoms with van der Waals surface area (Å²) in [4.78, 5) is 45.5. The van der Waals surface area contributed by atoms with Crippen LogP contribution in [-0.4, -0.2) is 49.3 Å². The van der Waals surface area contributed by atoms with E-state index >= 15 is 0 Å². The lowest BCUT2D eigenvalue weighted by Crippen LogP contribution is -2.11. The van der Waals surface area contributed by atoms with Crippen molar-refractivity contribution in [2.45, 2.75) is 170 Å². The van der Waals surface area contributed by atoms with Crippen molar-refractivity contribution in [2.75, 3.05) is 13.2 Å². The third kappa shape index (κ3) is 35.9. The Kier molecular flexibility index (Phi) is 29.0. The number of carbonyl (C=O) groups excluding carboxylic acids is 4. The van der Waals surface area contributed by atoms with Crippen molar-refractivity contribution in [1.29, 1.82) is 0 Å². The van der Waals surface area contributed by atoms with Gasteiger partial charge in [0.2, 0.25) is 0 Å². The van der Waals surface area contributed by atoms with Crippen LogP contribution < -0.4 is 0 Å². The molecule has 0 amide bonds. The van der Waals surface area contributed by atoms with Crippen LogP contribution in [0.15, 0.2) is 0 Å². The quantitative estimate of drug-likeness (QED) is 0.0617. The van der Waals surface area contributed by atoms with E-state index in [1.54, 1.807) is 0 Å². The van der Waals surface area contributed by atoms with Crippen molar-refractivity contribution in [3.63, 3.8) is 0 Å². The zero-order valence-electron chi connectivity index (χ0n) is 28.3. The molecule has 0 aliphatic carbocycles. The molecule has 8 heteroatoms. The molecule has 0 aromatic carbocycles. The van der Waals surface area contributed by atoms with Crippen molar-refractivity contribution < 1.29 is 38.1 Å². The van der Waals surface area contributed by atoms with Gasteiger partial charge in [-0.05, 0) is 90.9 Å². The summed E-state index contributed by atoms with van der Waals surface area (Å²) in [7, 11) is 0. The second kappa shape index (κ2) is 29.0. The first kappa shape index (κ1) is 42.0. The van der Waals surface area contributed by atoms with Crippen LogP contribution in [0.25, 0.3) is 0 Å². The Morgan fingerprint density at radius 3 is 1.00 bits per heavy atom. The molecule has 0 N–H and O–H groups in total. The van der Waals surface area contributed by atoms with Gasteiger partial charge in [-0.1, -0.05) is 53.4 Å². The molecule has 42 heavy (non-hydrogen) atoms. The molecule has 0 atom stereocenters. The SMILES string of the molecule is CC(C)CCCOC(=O)CCCCC(=O)OCCCC(C)C.CC(C)OC(=O)CCCCCCCCC(=O)OC(C)C. The summed E-state index contributed by atoms with van der Waals surface area (Å²) in [6.45, 7) is 17.1. The molecular formula is C34H64O8. The zero-order chi connectivity index (χ0) is 32.2. The minimum absolute atomic E-state index is 0.0203. The van der Waals surface area contributed by atoms with Crippen molar-refractivity contribution >= 4 is 23.9 Å². The molecule has 8 nitrogen and oxygen atoms in total. The van der Waals surface area contributed by atoms with Gasteiger partial charge in [0.1, 0.15) is 0 Å². The van der Waals surface area contributed by atoms with E-state index < -0.39 is 0 Å². The largest absolute Gasteiger partial charge is 0.466 e. The van der Waals surface area contributed by atoms with E-state index in [1.165, 1.54) is 0 Å². The maximum Gasteiger partial charge on any atom is 0.306 e. The van der Waals surface area contributed by atoms with Gasteiger partial charge < -0.3 is 18.9 Å². The van der Waals surface area contributed by atoms with Crippen LogP contribution in [0.3, 0.4) is 0 Å². The minimum atomic E-state index is -0.158. The van der Waals surface area contributed by atoms with Gasteiger partial charge in [-0.3, -0.25) is 19.2 Å². The number of hydrogen-bond acceptors (Lipinski definition) is 8. The van der Waals surface area contributed by atoms with Crippen LogP contribution in [0.4, 0.5) is 0 Å². The number of hydrogen-bond donors (Lipinski definition) is 0. The predicted molar refractivity (Wildman–Crippen MR) is 168 cm³/mol. The van der Waals surface area contributed by atoms with E-state index in [0.717, 1.165) is 64.2 Å². The smallest absolute Gasteiger partial charge is 0.306 e. The lowest BCUT2D eigenvalue weighted by molar-refractivity contribution is -0.148. The third-order valence-electron chi connectivity index (χ3n) is 6.14. The van der Waals surface area contributed by atoms with Crippen LogP contribution in [-0.2, 0) is 38.1 Å². The lowest BCUT2D eigenvalue weighted by atomic mass is 10.1. The van der Waals surface area contributed by atoms with Crippen molar-refractivity contribution in [1.82, 2.24) is 0 Å². The van der Waals surface area contributed by atoms with Gasteiger partial charge in [-0.15, -0.1) is 0 Å². The fourth-order valence-corrected chi connectivity index (χ4v) is 3.93. The highest BCUT2D eigenvalue weighted by Crippen LogP contribution is 2.11. The van der Waals surface area contributed by atoms with Gasteiger partial charge in [0.05, 0.1) is 25.4 Å². The molecule has 0 bridgehead atoms. The van der Waals surface area contributed by atoms with Gasteiger partial charge >= 0.3 is 23.9 Å². The normalized spacial score (nSPS) is 11.0. The predicted octanol–water partition coefficient (Wildman–Crippen LogP) is 8.52. The van der Waals surface area contributed by atoms with Crippen LogP contribution in [0.5, 0.6) is 0 Å². The van der Waals surface area contributed by atoms with Crippen molar-refractivity contribution in [2.24, 2.45) is 11.8 Å². The molecule has 0 aliphatic rings. The molecule has 248 valence electrons. The van der Waals surface area contributed by atoms with Crippen LogP contribution in [0.2, 0.25) is 0 Å². The molecule has 0 aliphatic heterocycles. The molecule has 0 spiro atoms. The van der Waals surface area contributed by atoms with Gasteiger partial charge in [-0.25, -0.2) is 0 Å². The van der Waals surface area contributed by atoms with E-state index in [2.05, 4.69) is 27.7 Å². The lowest BCUT2D eigenvalue weighted by Gasteiger charge is -2.08. The van der Waals surface area contributed by atoms with Crippen molar-refractivity contribution in [3.05, 3.63) is 0 Å². The Morgan fingerprint density at radius 2 is 0.690 bits per heavy atom. The Bertz CT molecular complexity index is 627. The summed E-state index contributed by atoms with van der Waals surface area (Å²) in [5.74, 6) is 0.770. The summed E-state index contributed by atoms with van der Waals surface area (Å²) in [6, 6.07) is 0. The maximum atomic E-state index is 11.5. The first-order valence-corrected chi connectivity index (χ1v) is 16.5. The zero-order valence-corrected chi connectivity index (χ0v) is 28.3. The van der Waals surface area contributed by atoms with Gasteiger partial charge in [0, 0.05) is 25.7 Å². The maximum absolute atomic E-state index is 11.5. The summed E-state index contributed by atoms with van der Waals surface area (Å²) >= 11 is 0. The monoisotopic (exact) mass is 600 g/mol. The Labute approximate surface area is 257 Å². The molecule has 0 radical (unpaired) electrons. The summed E-state index contributed by atoms with van der Waals surface area (Å²) < 4.78 is 20.4. The molecule has 0 fully saturated rings. The molecule has 0 saturated carbocycles. The van der Waals surface area contributed by atoms with Crippen LogP contribution >= 0.6 is 0 Å². The van der Waals surface area contributed by atoms with Crippen LogP contribution in [0, 0.1) is 11.8 Å². The second-order valence-corrected chi connectivity index (χ2v) is 12.4. The molecule has 0 aromatic rings. The number of unbranched alkanes of at least 4 members (excludes halogenated alkanes) is 6. The average molecular weight is 601 g/mol. The van der Waals surface area contributed by atoms with E-state index in [1.807, 2.05) is 27.7 Å². The molecule has 0 unspecified atom stereocenters. The first-order chi connectivity index (χ1) is 19.8. The third-order valence-corrected chi connectivity index (χ3v) is 6.14. The molecule has 0 heterocycles. The standard InChI is InChI=1S/C18H34O4.C16H30O4/c1-15(2)9-7-13-21-17(19)11-5-6-12-18(20)22-14-8-10-16(3)4;1-13(2)19-15(17)11-9-7-5-6-8-10-12-16(18)20-14(3)4/h15-16H,5-14H2,1-4H3;13-14H,5-12H2,1-4H3. The van der Waals surface area contributed by atoms with Crippen molar-refractivity contribution in [3.8, 4) is 0 Å². The fraction of sp³-hybridized carbons (Fsp3) is 0.882. The Balaban J connectivity index is 0. The van der Waals surface area contributed by atoms with E-state index in [0.29, 0.717) is 63.6 Å². The topological polar surface area (TPSA) is 105 Å². The minimum Gasteiger partial charge on any atom is -0.466 e. The highest BCUT2D eigenvalue weighted by Gasteiger charge is 2.08.